The number of hydrogen-bond acceptors (Lipinski definition) is 2. The predicted molar refractivity (Wildman–Crippen MR) is 140 cm³/mol. The molecule has 2 heteroatoms. The summed E-state index contributed by atoms with van der Waals surface area (Å²) in [5, 5.41) is 16.0. The average Bonchev–Trinajstić information content (AvgIpc) is 2.92. The van der Waals surface area contributed by atoms with Gasteiger partial charge in [0.25, 0.3) is 0 Å². The van der Waals surface area contributed by atoms with Crippen molar-refractivity contribution in [1.29, 1.82) is 0 Å². The maximum Gasteiger partial charge on any atom is 0.143 e. The molecule has 1 heterocycles. The third-order valence-corrected chi connectivity index (χ3v) is 6.53. The van der Waals surface area contributed by atoms with Gasteiger partial charge in [0, 0.05) is 22.1 Å². The number of nitrogens with zero attached hydrogens (tertiary/aromatic N) is 1. The standard InChI is InChI=1S/C32H23NO/c34-32(26-17-5-2-6-18-26,28-20-11-16-23-12-7-9-19-27(23)28)29-22-25-15-8-10-21-30(25)33-31(29)24-13-3-1-4-14-24/h1-22,34H. The Morgan fingerprint density at radius 3 is 1.94 bits per heavy atom. The first-order valence-corrected chi connectivity index (χ1v) is 11.5. The van der Waals surface area contributed by atoms with E-state index in [1.807, 2.05) is 91.0 Å². The minimum atomic E-state index is -1.41. The molecule has 0 aliphatic heterocycles. The van der Waals surface area contributed by atoms with Crippen molar-refractivity contribution in [1.82, 2.24) is 4.98 Å². The molecule has 0 saturated heterocycles. The van der Waals surface area contributed by atoms with Crippen LogP contribution < -0.4 is 0 Å². The Morgan fingerprint density at radius 2 is 1.15 bits per heavy atom. The van der Waals surface area contributed by atoms with Crippen molar-refractivity contribution in [3.05, 3.63) is 150 Å². The molecule has 0 aliphatic carbocycles. The smallest absolute Gasteiger partial charge is 0.143 e. The first kappa shape index (κ1) is 20.3. The lowest BCUT2D eigenvalue weighted by molar-refractivity contribution is 0.128. The second-order valence-electron chi connectivity index (χ2n) is 8.55. The lowest BCUT2D eigenvalue weighted by Gasteiger charge is -2.33. The molecule has 0 amide bonds. The van der Waals surface area contributed by atoms with E-state index in [0.717, 1.165) is 49.6 Å². The SMILES string of the molecule is OC(c1ccccc1)(c1cc2ccccc2nc1-c1ccccc1)c1cccc2ccccc12. The third kappa shape index (κ3) is 3.28. The van der Waals surface area contributed by atoms with Crippen LogP contribution in [0, 0.1) is 0 Å². The summed E-state index contributed by atoms with van der Waals surface area (Å²) in [4.78, 5) is 5.08. The highest BCUT2D eigenvalue weighted by Crippen LogP contribution is 2.44. The van der Waals surface area contributed by atoms with Gasteiger partial charge < -0.3 is 5.11 Å². The summed E-state index contributed by atoms with van der Waals surface area (Å²) in [5.74, 6) is 0. The molecule has 6 rings (SSSR count). The molecule has 0 radical (unpaired) electrons. The van der Waals surface area contributed by atoms with E-state index in [0.29, 0.717) is 0 Å². The predicted octanol–water partition coefficient (Wildman–Crippen LogP) is 7.34. The summed E-state index contributed by atoms with van der Waals surface area (Å²) < 4.78 is 0. The van der Waals surface area contributed by atoms with Crippen molar-refractivity contribution in [3.8, 4) is 11.3 Å². The topological polar surface area (TPSA) is 33.1 Å². The number of hydrogen-bond donors (Lipinski definition) is 1. The van der Waals surface area contributed by atoms with Crippen LogP contribution in [0.15, 0.2) is 133 Å². The van der Waals surface area contributed by atoms with Crippen molar-refractivity contribution in [2.75, 3.05) is 0 Å². The fraction of sp³-hybridized carbons (Fsp3) is 0.0312. The highest BCUT2D eigenvalue weighted by atomic mass is 16.3. The maximum absolute atomic E-state index is 12.9. The molecule has 34 heavy (non-hydrogen) atoms. The summed E-state index contributed by atoms with van der Waals surface area (Å²) in [6.07, 6.45) is 0. The summed E-state index contributed by atoms with van der Waals surface area (Å²) in [5.41, 5.74) is 3.64. The van der Waals surface area contributed by atoms with Crippen LogP contribution in [0.3, 0.4) is 0 Å². The molecule has 2 nitrogen and oxygen atoms in total. The van der Waals surface area contributed by atoms with Gasteiger partial charge in [-0.2, -0.15) is 0 Å². The van der Waals surface area contributed by atoms with E-state index in [2.05, 4.69) is 42.5 Å². The Labute approximate surface area is 198 Å². The van der Waals surface area contributed by atoms with Crippen molar-refractivity contribution in [2.24, 2.45) is 0 Å². The molecular weight excluding hydrogens is 414 g/mol. The van der Waals surface area contributed by atoms with Crippen LogP contribution in [-0.4, -0.2) is 10.1 Å². The molecule has 0 aliphatic rings. The number of aromatic nitrogens is 1. The van der Waals surface area contributed by atoms with Crippen LogP contribution in [0.2, 0.25) is 0 Å². The Morgan fingerprint density at radius 1 is 0.529 bits per heavy atom. The number of para-hydroxylation sites is 1. The first-order valence-electron chi connectivity index (χ1n) is 11.5. The Kier molecular flexibility index (Phi) is 4.94. The fourth-order valence-electron chi connectivity index (χ4n) is 4.88. The van der Waals surface area contributed by atoms with Gasteiger partial charge in [-0.1, -0.05) is 121 Å². The minimum absolute atomic E-state index is 0.764. The van der Waals surface area contributed by atoms with Gasteiger partial charge in [0.15, 0.2) is 0 Å². The van der Waals surface area contributed by atoms with Crippen LogP contribution in [0.25, 0.3) is 32.9 Å². The second-order valence-corrected chi connectivity index (χ2v) is 8.55. The summed E-state index contributed by atoms with van der Waals surface area (Å²) in [6, 6.07) is 44.5. The number of aliphatic hydroxyl groups is 1. The summed E-state index contributed by atoms with van der Waals surface area (Å²) in [6.45, 7) is 0. The van der Waals surface area contributed by atoms with E-state index in [1.54, 1.807) is 0 Å². The second kappa shape index (κ2) is 8.26. The van der Waals surface area contributed by atoms with Gasteiger partial charge in [0.05, 0.1) is 11.2 Å². The molecule has 162 valence electrons. The number of pyridine rings is 1. The molecular formula is C32H23NO. The summed E-state index contributed by atoms with van der Waals surface area (Å²) in [7, 11) is 0. The zero-order valence-electron chi connectivity index (χ0n) is 18.6. The van der Waals surface area contributed by atoms with Crippen LogP contribution in [0.5, 0.6) is 0 Å². The van der Waals surface area contributed by atoms with Gasteiger partial charge >= 0.3 is 0 Å². The van der Waals surface area contributed by atoms with Crippen LogP contribution in [0.1, 0.15) is 16.7 Å². The number of benzene rings is 5. The van der Waals surface area contributed by atoms with E-state index in [1.165, 1.54) is 0 Å². The van der Waals surface area contributed by atoms with E-state index >= 15 is 0 Å². The number of rotatable bonds is 4. The van der Waals surface area contributed by atoms with Gasteiger partial charge in [-0.15, -0.1) is 0 Å². The lowest BCUT2D eigenvalue weighted by Crippen LogP contribution is -2.30. The average molecular weight is 438 g/mol. The van der Waals surface area contributed by atoms with E-state index in [4.69, 9.17) is 4.98 Å². The van der Waals surface area contributed by atoms with E-state index in [-0.39, 0.29) is 0 Å². The minimum Gasteiger partial charge on any atom is -0.376 e. The molecule has 1 atom stereocenters. The van der Waals surface area contributed by atoms with Crippen molar-refractivity contribution >= 4 is 21.7 Å². The summed E-state index contributed by atoms with van der Waals surface area (Å²) >= 11 is 0. The van der Waals surface area contributed by atoms with Crippen molar-refractivity contribution in [3.63, 3.8) is 0 Å². The van der Waals surface area contributed by atoms with Crippen molar-refractivity contribution < 1.29 is 5.11 Å². The van der Waals surface area contributed by atoms with E-state index < -0.39 is 5.60 Å². The van der Waals surface area contributed by atoms with Crippen molar-refractivity contribution in [2.45, 2.75) is 5.60 Å². The van der Waals surface area contributed by atoms with Gasteiger partial charge in [0.1, 0.15) is 5.60 Å². The van der Waals surface area contributed by atoms with E-state index in [9.17, 15) is 5.11 Å². The first-order chi connectivity index (χ1) is 16.7. The molecule has 0 saturated carbocycles. The quantitative estimate of drug-likeness (QED) is 0.313. The Hall–Kier alpha value is -4.27. The zero-order valence-corrected chi connectivity index (χ0v) is 18.6. The Bertz CT molecular complexity index is 1600. The fourth-order valence-corrected chi connectivity index (χ4v) is 4.88. The Balaban J connectivity index is 1.77. The normalized spacial score (nSPS) is 13.1. The van der Waals surface area contributed by atoms with Gasteiger partial charge in [0.2, 0.25) is 0 Å². The van der Waals surface area contributed by atoms with Gasteiger partial charge in [-0.05, 0) is 28.5 Å². The number of fused-ring (bicyclic) bond motifs is 2. The highest BCUT2D eigenvalue weighted by molar-refractivity contribution is 5.90. The van der Waals surface area contributed by atoms with Crippen LogP contribution >= 0.6 is 0 Å². The van der Waals surface area contributed by atoms with Gasteiger partial charge in [-0.25, -0.2) is 4.98 Å². The zero-order chi connectivity index (χ0) is 23.0. The largest absolute Gasteiger partial charge is 0.376 e. The third-order valence-electron chi connectivity index (χ3n) is 6.53. The molecule has 1 N–H and O–H groups in total. The molecule has 5 aromatic carbocycles. The monoisotopic (exact) mass is 437 g/mol. The molecule has 0 spiro atoms. The van der Waals surface area contributed by atoms with Gasteiger partial charge in [-0.3, -0.25) is 0 Å². The lowest BCUT2D eigenvalue weighted by atomic mass is 9.76. The molecule has 1 unspecified atom stereocenters. The molecule has 6 aromatic rings. The maximum atomic E-state index is 12.9. The molecule has 0 bridgehead atoms. The molecule has 1 aromatic heterocycles. The molecule has 0 fully saturated rings. The van der Waals surface area contributed by atoms with Crippen LogP contribution in [0.4, 0.5) is 0 Å². The highest BCUT2D eigenvalue weighted by Gasteiger charge is 2.38. The van der Waals surface area contributed by atoms with Crippen LogP contribution in [-0.2, 0) is 5.60 Å².